The molecular formula is C12H15N5O4. The summed E-state index contributed by atoms with van der Waals surface area (Å²) >= 11 is 0. The number of nitrogens with two attached hydrogens (primary N) is 1. The number of nitrogens with zero attached hydrogens (tertiary/aromatic N) is 3. The monoisotopic (exact) mass is 293 g/mol. The van der Waals surface area contributed by atoms with Crippen LogP contribution in [0.1, 0.15) is 0 Å². The summed E-state index contributed by atoms with van der Waals surface area (Å²) < 4.78 is 0. The van der Waals surface area contributed by atoms with Crippen molar-refractivity contribution >= 4 is 23.2 Å². The van der Waals surface area contributed by atoms with E-state index in [1.54, 1.807) is 17.6 Å². The number of non-ortho nitro benzene ring substituents is 1. The highest BCUT2D eigenvalue weighted by Crippen LogP contribution is 2.22. The molecule has 0 aliphatic carbocycles. The van der Waals surface area contributed by atoms with Gasteiger partial charge in [0.05, 0.1) is 4.92 Å². The maximum Gasteiger partial charge on any atom is 0.323 e. The number of carbonyl (C=O) groups excluding carboxylic acids is 2. The Labute approximate surface area is 120 Å². The molecule has 2 rings (SSSR count). The molecule has 0 saturated carbocycles. The van der Waals surface area contributed by atoms with Gasteiger partial charge in [0.15, 0.2) is 0 Å². The Morgan fingerprint density at radius 3 is 2.48 bits per heavy atom. The number of anilines is 1. The van der Waals surface area contributed by atoms with Crippen molar-refractivity contribution in [3.63, 3.8) is 0 Å². The number of nitro groups is 1. The number of benzene rings is 1. The molecule has 0 spiro atoms. The van der Waals surface area contributed by atoms with Crippen molar-refractivity contribution in [3.8, 4) is 0 Å². The first-order valence-corrected chi connectivity index (χ1v) is 6.32. The van der Waals surface area contributed by atoms with E-state index in [-0.39, 0.29) is 5.69 Å². The SMILES string of the molecule is NNC(=O)C(=O)N1CCN(c2cccc([N+](=O)[O-])c2)CC1. The minimum atomic E-state index is -0.848. The minimum absolute atomic E-state index is 0.0218. The highest BCUT2D eigenvalue weighted by Gasteiger charge is 2.25. The molecule has 0 radical (unpaired) electrons. The molecule has 0 bridgehead atoms. The molecule has 1 saturated heterocycles. The molecule has 1 heterocycles. The zero-order valence-corrected chi connectivity index (χ0v) is 11.2. The second-order valence-corrected chi connectivity index (χ2v) is 4.53. The fraction of sp³-hybridized carbons (Fsp3) is 0.333. The maximum atomic E-state index is 11.6. The number of amides is 2. The van der Waals surface area contributed by atoms with Gasteiger partial charge in [-0.15, -0.1) is 0 Å². The summed E-state index contributed by atoms with van der Waals surface area (Å²) in [4.78, 5) is 36.4. The average molecular weight is 293 g/mol. The van der Waals surface area contributed by atoms with Crippen LogP contribution in [0.4, 0.5) is 11.4 Å². The summed E-state index contributed by atoms with van der Waals surface area (Å²) in [6.45, 7) is 1.69. The number of rotatable bonds is 2. The number of nitro benzene ring substituents is 1. The molecule has 9 nitrogen and oxygen atoms in total. The molecular weight excluding hydrogens is 278 g/mol. The molecule has 0 aromatic heterocycles. The second kappa shape index (κ2) is 6.18. The largest absolute Gasteiger partial charge is 0.368 e. The van der Waals surface area contributed by atoms with E-state index in [1.165, 1.54) is 17.0 Å². The van der Waals surface area contributed by atoms with Gasteiger partial charge in [-0.2, -0.15) is 0 Å². The van der Waals surface area contributed by atoms with Gasteiger partial charge in [0, 0.05) is 44.0 Å². The second-order valence-electron chi connectivity index (χ2n) is 4.53. The quantitative estimate of drug-likeness (QED) is 0.243. The summed E-state index contributed by atoms with van der Waals surface area (Å²) in [5, 5.41) is 10.8. The van der Waals surface area contributed by atoms with E-state index < -0.39 is 16.7 Å². The van der Waals surface area contributed by atoms with Gasteiger partial charge in [-0.1, -0.05) is 6.07 Å². The molecule has 9 heteroatoms. The van der Waals surface area contributed by atoms with Crippen LogP contribution in [0.5, 0.6) is 0 Å². The van der Waals surface area contributed by atoms with E-state index in [0.717, 1.165) is 5.69 Å². The average Bonchev–Trinajstić information content (AvgIpc) is 2.53. The summed E-state index contributed by atoms with van der Waals surface area (Å²) in [5.74, 6) is 3.40. The molecule has 1 aliphatic rings. The first-order chi connectivity index (χ1) is 10.0. The van der Waals surface area contributed by atoms with Crippen LogP contribution in [0.25, 0.3) is 0 Å². The number of hydrogen-bond acceptors (Lipinski definition) is 6. The van der Waals surface area contributed by atoms with Crippen molar-refractivity contribution in [3.05, 3.63) is 34.4 Å². The van der Waals surface area contributed by atoms with Crippen LogP contribution in [0, 0.1) is 10.1 Å². The van der Waals surface area contributed by atoms with Gasteiger partial charge in [0.2, 0.25) is 0 Å². The molecule has 112 valence electrons. The van der Waals surface area contributed by atoms with Crippen LogP contribution in [-0.2, 0) is 9.59 Å². The number of carbonyl (C=O) groups is 2. The van der Waals surface area contributed by atoms with E-state index in [0.29, 0.717) is 26.2 Å². The zero-order valence-electron chi connectivity index (χ0n) is 11.2. The molecule has 0 unspecified atom stereocenters. The van der Waals surface area contributed by atoms with Gasteiger partial charge in [0.25, 0.3) is 5.69 Å². The molecule has 1 aromatic rings. The molecule has 2 amide bonds. The van der Waals surface area contributed by atoms with Gasteiger partial charge in [-0.05, 0) is 6.07 Å². The number of piperazine rings is 1. The fourth-order valence-corrected chi connectivity index (χ4v) is 2.18. The van der Waals surface area contributed by atoms with E-state index in [2.05, 4.69) is 0 Å². The van der Waals surface area contributed by atoms with Crippen molar-refractivity contribution in [1.82, 2.24) is 10.3 Å². The van der Waals surface area contributed by atoms with Gasteiger partial charge in [-0.25, -0.2) is 5.84 Å². The molecule has 1 aromatic carbocycles. The molecule has 21 heavy (non-hydrogen) atoms. The van der Waals surface area contributed by atoms with Crippen molar-refractivity contribution in [1.29, 1.82) is 0 Å². The van der Waals surface area contributed by atoms with Crippen molar-refractivity contribution < 1.29 is 14.5 Å². The Morgan fingerprint density at radius 2 is 1.90 bits per heavy atom. The van der Waals surface area contributed by atoms with Gasteiger partial charge in [0.1, 0.15) is 0 Å². The molecule has 1 fully saturated rings. The van der Waals surface area contributed by atoms with Gasteiger partial charge >= 0.3 is 11.8 Å². The lowest BCUT2D eigenvalue weighted by molar-refractivity contribution is -0.384. The third-order valence-corrected chi connectivity index (χ3v) is 3.30. The Morgan fingerprint density at radius 1 is 1.24 bits per heavy atom. The smallest absolute Gasteiger partial charge is 0.323 e. The highest BCUT2D eigenvalue weighted by atomic mass is 16.6. The van der Waals surface area contributed by atoms with E-state index >= 15 is 0 Å². The molecule has 1 aliphatic heterocycles. The normalized spacial score (nSPS) is 14.7. The lowest BCUT2D eigenvalue weighted by Gasteiger charge is -2.35. The van der Waals surface area contributed by atoms with Crippen molar-refractivity contribution in [2.45, 2.75) is 0 Å². The first kappa shape index (κ1) is 14.7. The van der Waals surface area contributed by atoms with E-state index in [9.17, 15) is 19.7 Å². The zero-order chi connectivity index (χ0) is 15.4. The van der Waals surface area contributed by atoms with Crippen molar-refractivity contribution in [2.24, 2.45) is 5.84 Å². The van der Waals surface area contributed by atoms with Gasteiger partial charge < -0.3 is 9.80 Å². The number of hydrazine groups is 1. The predicted molar refractivity (Wildman–Crippen MR) is 74.2 cm³/mol. The topological polar surface area (TPSA) is 122 Å². The molecule has 0 atom stereocenters. The lowest BCUT2D eigenvalue weighted by Crippen LogP contribution is -2.53. The standard InChI is InChI=1S/C12H15N5O4/c13-14-11(18)12(19)16-6-4-15(5-7-16)9-2-1-3-10(8-9)17(20)21/h1-3,8H,4-7,13H2,(H,14,18). The Hall–Kier alpha value is -2.68. The Bertz CT molecular complexity index is 569. The lowest BCUT2D eigenvalue weighted by atomic mass is 10.2. The fourth-order valence-electron chi connectivity index (χ4n) is 2.18. The third kappa shape index (κ3) is 3.26. The van der Waals surface area contributed by atoms with Crippen molar-refractivity contribution in [2.75, 3.05) is 31.1 Å². The number of hydrogen-bond donors (Lipinski definition) is 2. The third-order valence-electron chi connectivity index (χ3n) is 3.30. The Balaban J connectivity index is 2.01. The van der Waals surface area contributed by atoms with Crippen LogP contribution < -0.4 is 16.2 Å². The van der Waals surface area contributed by atoms with Crippen LogP contribution in [0.3, 0.4) is 0 Å². The van der Waals surface area contributed by atoms with Crippen LogP contribution in [0.15, 0.2) is 24.3 Å². The summed E-state index contributed by atoms with van der Waals surface area (Å²) in [6.07, 6.45) is 0. The Kier molecular flexibility index (Phi) is 4.33. The predicted octanol–water partition coefficient (Wildman–Crippen LogP) is -0.767. The highest BCUT2D eigenvalue weighted by molar-refractivity contribution is 6.34. The van der Waals surface area contributed by atoms with Crippen LogP contribution in [-0.4, -0.2) is 47.8 Å². The van der Waals surface area contributed by atoms with Gasteiger partial charge in [-0.3, -0.25) is 25.1 Å². The first-order valence-electron chi connectivity index (χ1n) is 6.32. The summed E-state index contributed by atoms with van der Waals surface area (Å²) in [6, 6.07) is 6.31. The maximum absolute atomic E-state index is 11.6. The van der Waals surface area contributed by atoms with Crippen LogP contribution in [0.2, 0.25) is 0 Å². The summed E-state index contributed by atoms with van der Waals surface area (Å²) in [7, 11) is 0. The summed E-state index contributed by atoms with van der Waals surface area (Å²) in [5.41, 5.74) is 2.55. The molecule has 3 N–H and O–H groups in total. The minimum Gasteiger partial charge on any atom is -0.368 e. The van der Waals surface area contributed by atoms with E-state index in [4.69, 9.17) is 5.84 Å². The van der Waals surface area contributed by atoms with Crippen LogP contribution >= 0.6 is 0 Å². The number of nitrogens with one attached hydrogen (secondary N) is 1. The van der Waals surface area contributed by atoms with E-state index in [1.807, 2.05) is 4.90 Å².